The molecule has 0 saturated carbocycles. The zero-order valence-electron chi connectivity index (χ0n) is 6.51. The van der Waals surface area contributed by atoms with Gasteiger partial charge in [0.1, 0.15) is 0 Å². The Labute approximate surface area is 62.9 Å². The van der Waals surface area contributed by atoms with Crippen molar-refractivity contribution in [2.45, 2.75) is 19.8 Å². The summed E-state index contributed by atoms with van der Waals surface area (Å²) in [5.41, 5.74) is 6.26. The lowest BCUT2D eigenvalue weighted by atomic mass is 10.2. The molecule has 0 aromatic carbocycles. The molecule has 0 bridgehead atoms. The summed E-state index contributed by atoms with van der Waals surface area (Å²) in [4.78, 5) is 0. The minimum Gasteiger partial charge on any atom is -0.405 e. The Morgan fingerprint density at radius 1 is 1.50 bits per heavy atom. The fourth-order valence-electron chi connectivity index (χ4n) is 0.572. The van der Waals surface area contributed by atoms with Crippen LogP contribution in [-0.2, 0) is 0 Å². The van der Waals surface area contributed by atoms with Crippen molar-refractivity contribution in [1.29, 1.82) is 0 Å². The van der Waals surface area contributed by atoms with E-state index in [1.165, 1.54) is 0 Å². The summed E-state index contributed by atoms with van der Waals surface area (Å²) in [5.74, 6) is 0. The van der Waals surface area contributed by atoms with Crippen molar-refractivity contribution < 1.29 is 0 Å². The molecule has 0 heterocycles. The van der Waals surface area contributed by atoms with E-state index in [0.29, 0.717) is 0 Å². The molecule has 0 amide bonds. The van der Waals surface area contributed by atoms with Gasteiger partial charge in [0.25, 0.3) is 0 Å². The Hall–Kier alpha value is -0.980. The summed E-state index contributed by atoms with van der Waals surface area (Å²) in [5, 5.41) is 0. The molecule has 0 atom stereocenters. The zero-order valence-corrected chi connectivity index (χ0v) is 6.51. The van der Waals surface area contributed by atoms with Gasteiger partial charge in [-0.3, -0.25) is 0 Å². The van der Waals surface area contributed by atoms with Gasteiger partial charge in [0.2, 0.25) is 0 Å². The van der Waals surface area contributed by atoms with Crippen molar-refractivity contribution in [1.82, 2.24) is 0 Å². The Morgan fingerprint density at radius 3 is 2.70 bits per heavy atom. The molecule has 0 aliphatic rings. The van der Waals surface area contributed by atoms with Crippen molar-refractivity contribution >= 4 is 0 Å². The fourth-order valence-corrected chi connectivity index (χ4v) is 0.572. The van der Waals surface area contributed by atoms with Crippen LogP contribution in [0.1, 0.15) is 19.8 Å². The van der Waals surface area contributed by atoms with E-state index < -0.39 is 0 Å². The normalized spacial score (nSPS) is 11.3. The first-order valence-corrected chi connectivity index (χ1v) is 3.52. The van der Waals surface area contributed by atoms with Crippen molar-refractivity contribution in [3.8, 4) is 0 Å². The maximum absolute atomic E-state index is 5.16. The monoisotopic (exact) mass is 137 g/mol. The molecule has 0 rings (SSSR count). The molecule has 0 spiro atoms. The summed E-state index contributed by atoms with van der Waals surface area (Å²) in [7, 11) is 0. The van der Waals surface area contributed by atoms with Gasteiger partial charge in [-0.25, -0.2) is 0 Å². The molecule has 1 heteroatoms. The van der Waals surface area contributed by atoms with Crippen LogP contribution in [0.2, 0.25) is 0 Å². The topological polar surface area (TPSA) is 26.0 Å². The largest absolute Gasteiger partial charge is 0.405 e. The van der Waals surface area contributed by atoms with Crippen LogP contribution in [0.25, 0.3) is 0 Å². The fraction of sp³-hybridized carbons (Fsp3) is 0.333. The minimum absolute atomic E-state index is 0.854. The van der Waals surface area contributed by atoms with E-state index in [9.17, 15) is 0 Å². The van der Waals surface area contributed by atoms with Crippen molar-refractivity contribution in [3.63, 3.8) is 0 Å². The van der Waals surface area contributed by atoms with Crippen molar-refractivity contribution in [2.24, 2.45) is 5.73 Å². The molecular formula is C9H15N. The van der Waals surface area contributed by atoms with Crippen molar-refractivity contribution in [3.05, 3.63) is 36.6 Å². The Bertz CT molecular complexity index is 143. The highest BCUT2D eigenvalue weighted by atomic mass is 14.5. The molecule has 0 fully saturated rings. The van der Waals surface area contributed by atoms with Crippen LogP contribution in [0.3, 0.4) is 0 Å². The molecule has 0 aromatic rings. The molecule has 0 unspecified atom stereocenters. The lowest BCUT2D eigenvalue weighted by molar-refractivity contribution is 1.20. The van der Waals surface area contributed by atoms with Crippen LogP contribution >= 0.6 is 0 Å². The van der Waals surface area contributed by atoms with Gasteiger partial charge in [0, 0.05) is 0 Å². The van der Waals surface area contributed by atoms with Crippen molar-refractivity contribution in [2.75, 3.05) is 0 Å². The highest BCUT2D eigenvalue weighted by Gasteiger charge is 1.80. The summed E-state index contributed by atoms with van der Waals surface area (Å²) in [6, 6.07) is 0. The van der Waals surface area contributed by atoms with E-state index in [-0.39, 0.29) is 0 Å². The minimum atomic E-state index is 0.854. The van der Waals surface area contributed by atoms with Gasteiger partial charge < -0.3 is 5.73 Å². The van der Waals surface area contributed by atoms with Gasteiger partial charge in [0.05, 0.1) is 0 Å². The number of hydrogen-bond donors (Lipinski definition) is 1. The lowest BCUT2D eigenvalue weighted by Crippen LogP contribution is -1.77. The Balaban J connectivity index is 3.53. The van der Waals surface area contributed by atoms with Gasteiger partial charge in [-0.2, -0.15) is 0 Å². The van der Waals surface area contributed by atoms with Crippen LogP contribution < -0.4 is 5.73 Å². The molecule has 56 valence electrons. The maximum atomic E-state index is 5.16. The van der Waals surface area contributed by atoms with E-state index in [2.05, 4.69) is 19.6 Å². The molecule has 0 aromatic heterocycles. The maximum Gasteiger partial charge on any atom is -0.00863 e. The van der Waals surface area contributed by atoms with Crippen LogP contribution in [0.5, 0.6) is 0 Å². The van der Waals surface area contributed by atoms with E-state index in [1.807, 2.05) is 12.2 Å². The summed E-state index contributed by atoms with van der Waals surface area (Å²) in [6.45, 7) is 5.94. The molecule has 10 heavy (non-hydrogen) atoms. The number of nitrogens with two attached hydrogens (primary N) is 1. The molecule has 2 N–H and O–H groups in total. The van der Waals surface area contributed by atoms with Gasteiger partial charge in [-0.1, -0.05) is 37.3 Å². The molecule has 0 aliphatic carbocycles. The Morgan fingerprint density at radius 2 is 2.20 bits per heavy atom. The standard InChI is InChI=1S/C9H15N/c1-3-4-6-9(2)7-5-8-10/h4-6,8H,2-3,7,10H2,1H3/b6-4-,8-5-. The number of hydrogen-bond acceptors (Lipinski definition) is 1. The predicted molar refractivity (Wildman–Crippen MR) is 46.5 cm³/mol. The van der Waals surface area contributed by atoms with Crippen LogP contribution in [0.15, 0.2) is 36.6 Å². The van der Waals surface area contributed by atoms with E-state index in [0.717, 1.165) is 18.4 Å². The second kappa shape index (κ2) is 6.14. The SMILES string of the molecule is C=C(/C=C\CC)C/C=C\N. The number of allylic oxidation sites excluding steroid dienone is 4. The molecule has 0 saturated heterocycles. The smallest absolute Gasteiger partial charge is 0.00863 e. The second-order valence-electron chi connectivity index (χ2n) is 2.10. The van der Waals surface area contributed by atoms with Gasteiger partial charge >= 0.3 is 0 Å². The van der Waals surface area contributed by atoms with E-state index >= 15 is 0 Å². The van der Waals surface area contributed by atoms with Gasteiger partial charge in [0.15, 0.2) is 0 Å². The third-order valence-corrected chi connectivity index (χ3v) is 1.11. The van der Waals surface area contributed by atoms with Gasteiger partial charge in [-0.05, 0) is 19.0 Å². The Kier molecular flexibility index (Phi) is 5.54. The zero-order chi connectivity index (χ0) is 7.82. The summed E-state index contributed by atoms with van der Waals surface area (Å²) in [6.07, 6.45) is 9.47. The highest BCUT2D eigenvalue weighted by Crippen LogP contribution is 2.00. The average molecular weight is 137 g/mol. The molecule has 1 nitrogen and oxygen atoms in total. The third kappa shape index (κ3) is 5.16. The number of rotatable bonds is 4. The quantitative estimate of drug-likeness (QED) is 0.591. The molecule has 0 aliphatic heterocycles. The summed E-state index contributed by atoms with van der Waals surface area (Å²) >= 11 is 0. The second-order valence-corrected chi connectivity index (χ2v) is 2.10. The van der Waals surface area contributed by atoms with E-state index in [1.54, 1.807) is 6.20 Å². The first-order valence-electron chi connectivity index (χ1n) is 3.52. The van der Waals surface area contributed by atoms with Crippen LogP contribution in [0, 0.1) is 0 Å². The highest BCUT2D eigenvalue weighted by molar-refractivity contribution is 5.17. The first-order chi connectivity index (χ1) is 4.81. The average Bonchev–Trinajstić information content (AvgIpc) is 1.97. The lowest BCUT2D eigenvalue weighted by Gasteiger charge is -1.90. The molecular weight excluding hydrogens is 122 g/mol. The van der Waals surface area contributed by atoms with Crippen LogP contribution in [-0.4, -0.2) is 0 Å². The first kappa shape index (κ1) is 9.02. The van der Waals surface area contributed by atoms with Crippen LogP contribution in [0.4, 0.5) is 0 Å². The molecule has 0 radical (unpaired) electrons. The summed E-state index contributed by atoms with van der Waals surface area (Å²) < 4.78 is 0. The predicted octanol–water partition coefficient (Wildman–Crippen LogP) is 2.37. The van der Waals surface area contributed by atoms with Gasteiger partial charge in [-0.15, -0.1) is 0 Å². The van der Waals surface area contributed by atoms with E-state index in [4.69, 9.17) is 5.73 Å². The third-order valence-electron chi connectivity index (χ3n) is 1.11.